The van der Waals surface area contributed by atoms with Crippen LogP contribution in [0.2, 0.25) is 0 Å². The Labute approximate surface area is 130 Å². The van der Waals surface area contributed by atoms with Gasteiger partial charge in [0.1, 0.15) is 11.5 Å². The van der Waals surface area contributed by atoms with Crippen LogP contribution in [0.15, 0.2) is 71.4 Å². The summed E-state index contributed by atoms with van der Waals surface area (Å²) in [6.07, 6.45) is 1.74. The van der Waals surface area contributed by atoms with Crippen LogP contribution in [0.4, 0.5) is 0 Å². The van der Waals surface area contributed by atoms with Gasteiger partial charge in [-0.15, -0.1) is 0 Å². The standard InChI is InChI=1S/C19H18N2O/c1-2-9-16-20-18(19(22)21-16)17(14-10-5-3-6-11-14)15-12-7-4-8-13-15/h3-8,10-13H,2,9H2,1H3,(H,20,21,22). The van der Waals surface area contributed by atoms with Crippen LogP contribution in [0.3, 0.4) is 0 Å². The second-order valence-electron chi connectivity index (χ2n) is 5.22. The van der Waals surface area contributed by atoms with E-state index in [2.05, 4.69) is 17.2 Å². The monoisotopic (exact) mass is 290 g/mol. The molecule has 3 rings (SSSR count). The molecular weight excluding hydrogens is 272 g/mol. The molecule has 0 atom stereocenters. The zero-order valence-corrected chi connectivity index (χ0v) is 12.5. The smallest absolute Gasteiger partial charge is 0.275 e. The lowest BCUT2D eigenvalue weighted by molar-refractivity contribution is -0.115. The summed E-state index contributed by atoms with van der Waals surface area (Å²) in [6, 6.07) is 19.9. The number of carbonyl (C=O) groups is 1. The average molecular weight is 290 g/mol. The van der Waals surface area contributed by atoms with Crippen molar-refractivity contribution in [1.82, 2.24) is 5.32 Å². The van der Waals surface area contributed by atoms with Gasteiger partial charge in [-0.05, 0) is 17.5 Å². The lowest BCUT2D eigenvalue weighted by Crippen LogP contribution is -2.24. The molecular formula is C19H18N2O. The summed E-state index contributed by atoms with van der Waals surface area (Å²) in [5.74, 6) is 0.637. The van der Waals surface area contributed by atoms with Crippen molar-refractivity contribution < 1.29 is 4.79 Å². The third kappa shape index (κ3) is 2.84. The minimum absolute atomic E-state index is 0.119. The topological polar surface area (TPSA) is 41.5 Å². The van der Waals surface area contributed by atoms with E-state index in [-0.39, 0.29) is 5.91 Å². The van der Waals surface area contributed by atoms with Crippen LogP contribution in [-0.2, 0) is 4.79 Å². The molecule has 2 aromatic rings. The van der Waals surface area contributed by atoms with Gasteiger partial charge in [-0.1, -0.05) is 67.6 Å². The molecule has 0 saturated heterocycles. The van der Waals surface area contributed by atoms with Gasteiger partial charge in [-0.3, -0.25) is 4.79 Å². The third-order valence-electron chi connectivity index (χ3n) is 3.57. The maximum Gasteiger partial charge on any atom is 0.275 e. The molecule has 3 nitrogen and oxygen atoms in total. The van der Waals surface area contributed by atoms with Gasteiger partial charge >= 0.3 is 0 Å². The van der Waals surface area contributed by atoms with Crippen LogP contribution in [0.25, 0.3) is 5.57 Å². The quantitative estimate of drug-likeness (QED) is 0.856. The second-order valence-corrected chi connectivity index (χ2v) is 5.22. The predicted molar refractivity (Wildman–Crippen MR) is 89.4 cm³/mol. The highest BCUT2D eigenvalue weighted by atomic mass is 16.2. The third-order valence-corrected chi connectivity index (χ3v) is 3.57. The van der Waals surface area contributed by atoms with Crippen LogP contribution in [-0.4, -0.2) is 11.7 Å². The van der Waals surface area contributed by atoms with Gasteiger partial charge in [0.05, 0.1) is 0 Å². The SMILES string of the molecule is CCCC1=NC(=C(c2ccccc2)c2ccccc2)C(=O)N1. The van der Waals surface area contributed by atoms with Gasteiger partial charge in [-0.2, -0.15) is 0 Å². The average Bonchev–Trinajstić information content (AvgIpc) is 2.91. The number of nitrogens with one attached hydrogen (secondary N) is 1. The molecule has 0 saturated carbocycles. The van der Waals surface area contributed by atoms with Gasteiger partial charge < -0.3 is 5.32 Å². The van der Waals surface area contributed by atoms with Crippen molar-refractivity contribution in [3.63, 3.8) is 0 Å². The Morgan fingerprint density at radius 3 is 2.00 bits per heavy atom. The molecule has 1 amide bonds. The van der Waals surface area contributed by atoms with E-state index in [1.807, 2.05) is 60.7 Å². The molecule has 0 spiro atoms. The normalized spacial score (nSPS) is 13.8. The summed E-state index contributed by atoms with van der Waals surface area (Å²) in [4.78, 5) is 16.9. The fraction of sp³-hybridized carbons (Fsp3) is 0.158. The van der Waals surface area contributed by atoms with Crippen molar-refractivity contribution in [2.24, 2.45) is 4.99 Å². The van der Waals surface area contributed by atoms with E-state index in [9.17, 15) is 4.79 Å². The van der Waals surface area contributed by atoms with Crippen molar-refractivity contribution >= 4 is 17.3 Å². The van der Waals surface area contributed by atoms with Gasteiger partial charge in [-0.25, -0.2) is 4.99 Å². The Morgan fingerprint density at radius 1 is 0.955 bits per heavy atom. The summed E-state index contributed by atoms with van der Waals surface area (Å²) in [6.45, 7) is 2.08. The van der Waals surface area contributed by atoms with Crippen molar-refractivity contribution in [3.8, 4) is 0 Å². The molecule has 110 valence electrons. The molecule has 1 aliphatic rings. The summed E-state index contributed by atoms with van der Waals surface area (Å²) >= 11 is 0. The molecule has 1 heterocycles. The minimum Gasteiger partial charge on any atom is -0.309 e. The number of amidine groups is 1. The number of carbonyl (C=O) groups excluding carboxylic acids is 1. The van der Waals surface area contributed by atoms with Crippen LogP contribution in [0.5, 0.6) is 0 Å². The highest BCUT2D eigenvalue weighted by Gasteiger charge is 2.24. The molecule has 22 heavy (non-hydrogen) atoms. The van der Waals surface area contributed by atoms with Crippen molar-refractivity contribution in [2.45, 2.75) is 19.8 Å². The second kappa shape index (κ2) is 6.39. The minimum atomic E-state index is -0.119. The number of aliphatic imine (C=N–C) groups is 1. The van der Waals surface area contributed by atoms with Crippen LogP contribution in [0, 0.1) is 0 Å². The Bertz CT molecular complexity index is 689. The highest BCUT2D eigenvalue weighted by Crippen LogP contribution is 2.29. The number of benzene rings is 2. The fourth-order valence-corrected chi connectivity index (χ4v) is 2.58. The number of hydrogen-bond acceptors (Lipinski definition) is 2. The molecule has 0 unspecified atom stereocenters. The summed E-state index contributed by atoms with van der Waals surface area (Å²) in [5, 5.41) is 2.88. The highest BCUT2D eigenvalue weighted by molar-refractivity contribution is 6.17. The Kier molecular flexibility index (Phi) is 4.15. The maximum absolute atomic E-state index is 12.4. The molecule has 3 heteroatoms. The first kappa shape index (κ1) is 14.3. The van der Waals surface area contributed by atoms with Gasteiger partial charge in [0, 0.05) is 12.0 Å². The van der Waals surface area contributed by atoms with E-state index in [0.29, 0.717) is 5.70 Å². The predicted octanol–water partition coefficient (Wildman–Crippen LogP) is 3.77. The van der Waals surface area contributed by atoms with Crippen LogP contribution in [0.1, 0.15) is 30.9 Å². The lowest BCUT2D eigenvalue weighted by Gasteiger charge is -2.09. The first-order valence-corrected chi connectivity index (χ1v) is 7.53. The van der Waals surface area contributed by atoms with Crippen molar-refractivity contribution in [1.29, 1.82) is 0 Å². The first-order valence-electron chi connectivity index (χ1n) is 7.53. The van der Waals surface area contributed by atoms with Crippen molar-refractivity contribution in [3.05, 3.63) is 77.5 Å². The van der Waals surface area contributed by atoms with Gasteiger partial charge in [0.25, 0.3) is 5.91 Å². The van der Waals surface area contributed by atoms with Crippen LogP contribution < -0.4 is 5.32 Å². The summed E-state index contributed by atoms with van der Waals surface area (Å²) < 4.78 is 0. The fourth-order valence-electron chi connectivity index (χ4n) is 2.58. The molecule has 2 aromatic carbocycles. The number of nitrogens with zero attached hydrogens (tertiary/aromatic N) is 1. The van der Waals surface area contributed by atoms with E-state index in [0.717, 1.165) is 35.4 Å². The lowest BCUT2D eigenvalue weighted by atomic mass is 9.96. The number of amides is 1. The van der Waals surface area contributed by atoms with E-state index in [1.165, 1.54) is 0 Å². The van der Waals surface area contributed by atoms with E-state index < -0.39 is 0 Å². The molecule has 0 radical (unpaired) electrons. The molecule has 0 aliphatic carbocycles. The van der Waals surface area contributed by atoms with E-state index in [4.69, 9.17) is 0 Å². The molecule has 1 N–H and O–H groups in total. The largest absolute Gasteiger partial charge is 0.309 e. The Hall–Kier alpha value is -2.68. The van der Waals surface area contributed by atoms with Gasteiger partial charge in [0.2, 0.25) is 0 Å². The van der Waals surface area contributed by atoms with E-state index >= 15 is 0 Å². The molecule has 1 aliphatic heterocycles. The number of hydrogen-bond donors (Lipinski definition) is 1. The zero-order chi connectivity index (χ0) is 15.4. The van der Waals surface area contributed by atoms with Crippen molar-refractivity contribution in [2.75, 3.05) is 0 Å². The first-order chi connectivity index (χ1) is 10.8. The Balaban J connectivity index is 2.18. The van der Waals surface area contributed by atoms with Crippen LogP contribution >= 0.6 is 0 Å². The molecule has 0 aromatic heterocycles. The summed E-state index contributed by atoms with van der Waals surface area (Å²) in [5.41, 5.74) is 3.38. The summed E-state index contributed by atoms with van der Waals surface area (Å²) in [7, 11) is 0. The molecule has 0 bridgehead atoms. The van der Waals surface area contributed by atoms with E-state index in [1.54, 1.807) is 0 Å². The number of rotatable bonds is 4. The molecule has 0 fully saturated rings. The maximum atomic E-state index is 12.4. The van der Waals surface area contributed by atoms with Gasteiger partial charge in [0.15, 0.2) is 0 Å². The zero-order valence-electron chi connectivity index (χ0n) is 12.5. The Morgan fingerprint density at radius 2 is 1.50 bits per heavy atom.